The standard InChI is InChI=1S/C26H29ClN4O5/c27-17-3-1-16(2-4-17)11-29-24(33)21-8-23(36-20-5-6-31-18(7-20)13-35-25(31)34)22(12-28-21)30-14-26(15-30)9-19(32)10-26/h1-4,8,12,18-20,32H,5-7,9-11,13-15H2,(H,29,33)/t18-,20-/m0/s1. The lowest BCUT2D eigenvalue weighted by Gasteiger charge is -2.58. The van der Waals surface area contributed by atoms with Crippen LogP contribution in [0.25, 0.3) is 0 Å². The molecule has 3 aliphatic heterocycles. The first-order chi connectivity index (χ1) is 17.4. The lowest BCUT2D eigenvalue weighted by molar-refractivity contribution is -0.0494. The van der Waals surface area contributed by atoms with Crippen LogP contribution in [0.15, 0.2) is 36.5 Å². The van der Waals surface area contributed by atoms with Crippen molar-refractivity contribution >= 4 is 29.3 Å². The molecular weight excluding hydrogens is 484 g/mol. The number of nitrogens with one attached hydrogen (secondary N) is 1. The van der Waals surface area contributed by atoms with Gasteiger partial charge in [-0.3, -0.25) is 4.79 Å². The van der Waals surface area contributed by atoms with Gasteiger partial charge in [-0.1, -0.05) is 23.7 Å². The Morgan fingerprint density at radius 3 is 2.81 bits per heavy atom. The molecule has 4 fully saturated rings. The fourth-order valence-corrected chi connectivity index (χ4v) is 5.97. The fourth-order valence-electron chi connectivity index (χ4n) is 5.84. The molecule has 1 saturated carbocycles. The summed E-state index contributed by atoms with van der Waals surface area (Å²) in [5, 5.41) is 13.3. The van der Waals surface area contributed by atoms with E-state index in [-0.39, 0.29) is 41.4 Å². The summed E-state index contributed by atoms with van der Waals surface area (Å²) in [7, 11) is 0. The van der Waals surface area contributed by atoms with Gasteiger partial charge in [0.25, 0.3) is 5.91 Å². The first-order valence-electron chi connectivity index (χ1n) is 12.4. The molecule has 9 nitrogen and oxygen atoms in total. The lowest BCUT2D eigenvalue weighted by Crippen LogP contribution is -2.64. The molecule has 0 unspecified atom stereocenters. The largest absolute Gasteiger partial charge is 0.488 e. The Balaban J connectivity index is 1.18. The van der Waals surface area contributed by atoms with Gasteiger partial charge in [-0.25, -0.2) is 9.78 Å². The van der Waals surface area contributed by atoms with Crippen LogP contribution in [0.2, 0.25) is 5.02 Å². The van der Waals surface area contributed by atoms with E-state index in [1.54, 1.807) is 29.3 Å². The second-order valence-corrected chi connectivity index (χ2v) is 10.9. The third-order valence-electron chi connectivity index (χ3n) is 7.77. The average Bonchev–Trinajstić information content (AvgIpc) is 3.20. The minimum Gasteiger partial charge on any atom is -0.488 e. The minimum absolute atomic E-state index is 0.0208. The van der Waals surface area contributed by atoms with Gasteiger partial charge in [0, 0.05) is 55.5 Å². The van der Waals surface area contributed by atoms with E-state index in [0.717, 1.165) is 37.2 Å². The first kappa shape index (κ1) is 23.4. The third-order valence-corrected chi connectivity index (χ3v) is 8.02. The van der Waals surface area contributed by atoms with E-state index in [4.69, 9.17) is 21.1 Å². The van der Waals surface area contributed by atoms with Gasteiger partial charge in [0.15, 0.2) is 0 Å². The smallest absolute Gasteiger partial charge is 0.410 e. The highest BCUT2D eigenvalue weighted by molar-refractivity contribution is 6.30. The number of ether oxygens (including phenoxy) is 2. The molecule has 0 bridgehead atoms. The second-order valence-electron chi connectivity index (χ2n) is 10.5. The van der Waals surface area contributed by atoms with Crippen molar-refractivity contribution in [1.29, 1.82) is 0 Å². The Labute approximate surface area is 214 Å². The molecular formula is C26H29ClN4O5. The summed E-state index contributed by atoms with van der Waals surface area (Å²) in [5.41, 5.74) is 2.26. The summed E-state index contributed by atoms with van der Waals surface area (Å²) in [4.78, 5) is 33.2. The van der Waals surface area contributed by atoms with Gasteiger partial charge < -0.3 is 29.7 Å². The number of piperidine rings is 1. The molecule has 2 aromatic rings. The van der Waals surface area contributed by atoms with Crippen LogP contribution in [0.3, 0.4) is 0 Å². The van der Waals surface area contributed by atoms with E-state index in [0.29, 0.717) is 43.3 Å². The number of hydrogen-bond donors (Lipinski definition) is 2. The summed E-state index contributed by atoms with van der Waals surface area (Å²) in [6.45, 7) is 3.02. The van der Waals surface area contributed by atoms with Crippen molar-refractivity contribution in [3.63, 3.8) is 0 Å². The SMILES string of the molecule is O=C(NCc1ccc(Cl)cc1)c1cc(O[C@H]2CCN3C(=O)OC[C@@H]3C2)c(N2CC3(CC(O)C3)C2)cn1. The van der Waals surface area contributed by atoms with E-state index in [9.17, 15) is 14.7 Å². The highest BCUT2D eigenvalue weighted by Crippen LogP contribution is 2.51. The van der Waals surface area contributed by atoms with Gasteiger partial charge in [-0.2, -0.15) is 0 Å². The van der Waals surface area contributed by atoms with E-state index < -0.39 is 0 Å². The minimum atomic E-state index is -0.284. The van der Waals surface area contributed by atoms with Gasteiger partial charge in [-0.05, 0) is 30.5 Å². The number of anilines is 1. The molecule has 1 spiro atoms. The molecule has 1 aromatic heterocycles. The molecule has 6 rings (SSSR count). The molecule has 4 heterocycles. The Morgan fingerprint density at radius 2 is 2.06 bits per heavy atom. The summed E-state index contributed by atoms with van der Waals surface area (Å²) in [6, 6.07) is 9.06. The Bertz CT molecular complexity index is 1160. The van der Waals surface area contributed by atoms with Crippen molar-refractivity contribution < 1.29 is 24.2 Å². The number of pyridine rings is 1. The predicted octanol–water partition coefficient (Wildman–Crippen LogP) is 2.99. The molecule has 2 N–H and O–H groups in total. The average molecular weight is 513 g/mol. The molecule has 2 atom stereocenters. The van der Waals surface area contributed by atoms with Crippen LogP contribution < -0.4 is 15.0 Å². The van der Waals surface area contributed by atoms with Crippen LogP contribution in [-0.4, -0.2) is 71.5 Å². The third kappa shape index (κ3) is 4.46. The van der Waals surface area contributed by atoms with E-state index in [1.165, 1.54) is 0 Å². The number of aliphatic hydroxyl groups is 1. The van der Waals surface area contributed by atoms with Crippen LogP contribution in [0.4, 0.5) is 10.5 Å². The molecule has 3 saturated heterocycles. The number of hydrogen-bond acceptors (Lipinski definition) is 7. The Hall–Kier alpha value is -3.04. The topological polar surface area (TPSA) is 104 Å². The quantitative estimate of drug-likeness (QED) is 0.613. The van der Waals surface area contributed by atoms with Gasteiger partial charge in [0.05, 0.1) is 24.0 Å². The molecule has 36 heavy (non-hydrogen) atoms. The monoisotopic (exact) mass is 512 g/mol. The first-order valence-corrected chi connectivity index (χ1v) is 12.8. The zero-order valence-corrected chi connectivity index (χ0v) is 20.6. The van der Waals surface area contributed by atoms with Crippen LogP contribution in [0.1, 0.15) is 41.7 Å². The number of benzene rings is 1. The fraction of sp³-hybridized carbons (Fsp3) is 0.500. The molecule has 1 aliphatic carbocycles. The van der Waals surface area contributed by atoms with Gasteiger partial charge in [-0.15, -0.1) is 0 Å². The maximum absolute atomic E-state index is 12.9. The number of nitrogens with zero attached hydrogens (tertiary/aromatic N) is 3. The highest BCUT2D eigenvalue weighted by atomic mass is 35.5. The number of amides is 2. The van der Waals surface area contributed by atoms with Crippen molar-refractivity contribution in [2.45, 2.75) is 50.5 Å². The normalized spacial score (nSPS) is 24.6. The van der Waals surface area contributed by atoms with Crippen molar-refractivity contribution in [3.05, 3.63) is 52.8 Å². The summed E-state index contributed by atoms with van der Waals surface area (Å²) in [5.74, 6) is 0.341. The van der Waals surface area contributed by atoms with Crippen LogP contribution >= 0.6 is 11.6 Å². The number of aromatic nitrogens is 1. The summed E-state index contributed by atoms with van der Waals surface area (Å²) >= 11 is 5.95. The Kier molecular flexibility index (Phi) is 5.92. The van der Waals surface area contributed by atoms with Gasteiger partial charge in [0.2, 0.25) is 0 Å². The molecule has 0 radical (unpaired) electrons. The van der Waals surface area contributed by atoms with Crippen LogP contribution in [0, 0.1) is 5.41 Å². The molecule has 190 valence electrons. The highest BCUT2D eigenvalue weighted by Gasteiger charge is 2.52. The molecule has 2 amide bonds. The number of fused-ring (bicyclic) bond motifs is 1. The number of carbonyl (C=O) groups excluding carboxylic acids is 2. The summed E-state index contributed by atoms with van der Waals surface area (Å²) in [6.07, 6.45) is 4.20. The van der Waals surface area contributed by atoms with E-state index >= 15 is 0 Å². The molecule has 1 aromatic carbocycles. The lowest BCUT2D eigenvalue weighted by atomic mass is 9.62. The number of aliphatic hydroxyl groups excluding tert-OH is 1. The van der Waals surface area contributed by atoms with Crippen molar-refractivity contribution in [3.8, 4) is 5.75 Å². The molecule has 10 heteroatoms. The van der Waals surface area contributed by atoms with Gasteiger partial charge in [0.1, 0.15) is 24.2 Å². The van der Waals surface area contributed by atoms with Crippen LogP contribution in [0.5, 0.6) is 5.75 Å². The summed E-state index contributed by atoms with van der Waals surface area (Å²) < 4.78 is 11.7. The zero-order valence-electron chi connectivity index (χ0n) is 19.9. The maximum Gasteiger partial charge on any atom is 0.410 e. The van der Waals surface area contributed by atoms with Crippen LogP contribution in [-0.2, 0) is 11.3 Å². The zero-order chi connectivity index (χ0) is 24.9. The van der Waals surface area contributed by atoms with E-state index in [2.05, 4.69) is 15.2 Å². The van der Waals surface area contributed by atoms with Crippen molar-refractivity contribution in [1.82, 2.24) is 15.2 Å². The molecule has 4 aliphatic rings. The Morgan fingerprint density at radius 1 is 1.28 bits per heavy atom. The predicted molar refractivity (Wildman–Crippen MR) is 132 cm³/mol. The number of cyclic esters (lactones) is 1. The number of carbonyl (C=O) groups is 2. The van der Waals surface area contributed by atoms with Gasteiger partial charge >= 0.3 is 6.09 Å². The van der Waals surface area contributed by atoms with Crippen molar-refractivity contribution in [2.24, 2.45) is 5.41 Å². The number of rotatable bonds is 6. The second kappa shape index (κ2) is 9.12. The number of halogens is 1. The van der Waals surface area contributed by atoms with Crippen molar-refractivity contribution in [2.75, 3.05) is 31.1 Å². The van der Waals surface area contributed by atoms with E-state index in [1.807, 2.05) is 12.1 Å². The maximum atomic E-state index is 12.9.